The van der Waals surface area contributed by atoms with Crippen LogP contribution in [0, 0.1) is 0 Å². The third-order valence-corrected chi connectivity index (χ3v) is 2.83. The van der Waals surface area contributed by atoms with Crippen LogP contribution in [0.25, 0.3) is 0 Å². The maximum absolute atomic E-state index is 12.0. The molecular formula is C13H19N3O. The number of amides is 1. The predicted octanol–water partition coefficient (Wildman–Crippen LogP) is 2.14. The quantitative estimate of drug-likeness (QED) is 0.870. The molecule has 2 rings (SSSR count). The number of carbonyl (C=O) groups is 1. The van der Waals surface area contributed by atoms with Crippen molar-refractivity contribution in [3.8, 4) is 0 Å². The monoisotopic (exact) mass is 233 g/mol. The molecule has 92 valence electrons. The Labute approximate surface area is 102 Å². The summed E-state index contributed by atoms with van der Waals surface area (Å²) in [5.41, 5.74) is 1.50. The van der Waals surface area contributed by atoms with Crippen LogP contribution in [-0.4, -0.2) is 34.9 Å². The molecule has 1 aromatic rings. The summed E-state index contributed by atoms with van der Waals surface area (Å²) < 4.78 is 0. The lowest BCUT2D eigenvalue weighted by atomic mass is 10.3. The Balaban J connectivity index is 2.04. The summed E-state index contributed by atoms with van der Waals surface area (Å²) in [4.78, 5) is 18.1. The first-order valence-corrected chi connectivity index (χ1v) is 6.18. The zero-order valence-corrected chi connectivity index (χ0v) is 10.4. The summed E-state index contributed by atoms with van der Waals surface area (Å²) in [7, 11) is 0. The largest absolute Gasteiger partial charge is 0.382 e. The van der Waals surface area contributed by atoms with Crippen molar-refractivity contribution in [2.24, 2.45) is 0 Å². The number of rotatable bonds is 3. The third-order valence-electron chi connectivity index (χ3n) is 2.83. The van der Waals surface area contributed by atoms with Crippen molar-refractivity contribution in [2.75, 3.05) is 18.4 Å². The van der Waals surface area contributed by atoms with Crippen molar-refractivity contribution >= 4 is 11.6 Å². The van der Waals surface area contributed by atoms with Crippen molar-refractivity contribution < 1.29 is 4.79 Å². The van der Waals surface area contributed by atoms with Crippen molar-refractivity contribution in [3.05, 3.63) is 24.0 Å². The molecule has 1 aromatic heterocycles. The summed E-state index contributed by atoms with van der Waals surface area (Å²) in [5.74, 6) is 0.0543. The van der Waals surface area contributed by atoms with Gasteiger partial charge in [-0.15, -0.1) is 0 Å². The molecule has 1 fully saturated rings. The molecule has 0 aliphatic carbocycles. The molecule has 1 amide bonds. The molecule has 1 N–H and O–H groups in total. The van der Waals surface area contributed by atoms with Gasteiger partial charge in [-0.25, -0.2) is 4.98 Å². The Kier molecular flexibility index (Phi) is 3.61. The summed E-state index contributed by atoms with van der Waals surface area (Å²) in [5, 5.41) is 3.25. The van der Waals surface area contributed by atoms with Crippen LogP contribution in [0.1, 0.15) is 37.2 Å². The highest BCUT2D eigenvalue weighted by atomic mass is 16.2. The summed E-state index contributed by atoms with van der Waals surface area (Å²) in [6.45, 7) is 5.88. The Morgan fingerprint density at radius 1 is 1.35 bits per heavy atom. The molecule has 0 saturated carbocycles. The minimum Gasteiger partial charge on any atom is -0.382 e. The second-order valence-corrected chi connectivity index (χ2v) is 4.73. The topological polar surface area (TPSA) is 45.2 Å². The highest BCUT2D eigenvalue weighted by Crippen LogP contribution is 2.13. The van der Waals surface area contributed by atoms with Gasteiger partial charge in [0.2, 0.25) is 0 Å². The number of likely N-dealkylation sites (tertiary alicyclic amines) is 1. The molecule has 4 nitrogen and oxygen atoms in total. The second-order valence-electron chi connectivity index (χ2n) is 4.73. The minimum atomic E-state index is 0.0543. The van der Waals surface area contributed by atoms with E-state index in [4.69, 9.17) is 0 Å². The van der Waals surface area contributed by atoms with Gasteiger partial charge in [0.15, 0.2) is 0 Å². The number of carbonyl (C=O) groups excluding carboxylic acids is 1. The standard InChI is InChI=1S/C13H19N3O/c1-10(2)15-11-5-6-12(14-9-11)13(17)16-7-3-4-8-16/h5-6,9-10,15H,3-4,7-8H2,1-2H3. The molecule has 0 aromatic carbocycles. The van der Waals surface area contributed by atoms with Gasteiger partial charge in [-0.05, 0) is 38.8 Å². The first-order chi connectivity index (χ1) is 8.16. The number of aromatic nitrogens is 1. The second kappa shape index (κ2) is 5.17. The van der Waals surface area contributed by atoms with E-state index in [2.05, 4.69) is 24.1 Å². The number of anilines is 1. The Bertz CT molecular complexity index is 380. The highest BCUT2D eigenvalue weighted by Gasteiger charge is 2.20. The maximum atomic E-state index is 12.0. The van der Waals surface area contributed by atoms with Crippen LogP contribution >= 0.6 is 0 Å². The van der Waals surface area contributed by atoms with Crippen LogP contribution in [0.2, 0.25) is 0 Å². The number of pyridine rings is 1. The zero-order valence-electron chi connectivity index (χ0n) is 10.4. The molecule has 2 heterocycles. The lowest BCUT2D eigenvalue weighted by Gasteiger charge is -2.15. The number of nitrogens with one attached hydrogen (secondary N) is 1. The molecule has 0 radical (unpaired) electrons. The fourth-order valence-electron chi connectivity index (χ4n) is 2.02. The van der Waals surface area contributed by atoms with Gasteiger partial charge in [0.05, 0.1) is 11.9 Å². The Morgan fingerprint density at radius 3 is 2.59 bits per heavy atom. The molecule has 0 bridgehead atoms. The predicted molar refractivity (Wildman–Crippen MR) is 68.1 cm³/mol. The average molecular weight is 233 g/mol. The first kappa shape index (κ1) is 11.9. The van der Waals surface area contributed by atoms with E-state index in [1.54, 1.807) is 12.3 Å². The van der Waals surface area contributed by atoms with Gasteiger partial charge >= 0.3 is 0 Å². The molecule has 0 spiro atoms. The van der Waals surface area contributed by atoms with E-state index in [0.717, 1.165) is 31.6 Å². The molecule has 1 saturated heterocycles. The van der Waals surface area contributed by atoms with Gasteiger partial charge in [-0.2, -0.15) is 0 Å². The summed E-state index contributed by atoms with van der Waals surface area (Å²) in [6.07, 6.45) is 3.95. The van der Waals surface area contributed by atoms with E-state index in [-0.39, 0.29) is 5.91 Å². The fourth-order valence-corrected chi connectivity index (χ4v) is 2.02. The van der Waals surface area contributed by atoms with Gasteiger partial charge in [0.1, 0.15) is 5.69 Å². The number of nitrogens with zero attached hydrogens (tertiary/aromatic N) is 2. The zero-order chi connectivity index (χ0) is 12.3. The minimum absolute atomic E-state index is 0.0543. The molecule has 17 heavy (non-hydrogen) atoms. The van der Waals surface area contributed by atoms with Crippen molar-refractivity contribution in [1.29, 1.82) is 0 Å². The summed E-state index contributed by atoms with van der Waals surface area (Å²) >= 11 is 0. The molecule has 4 heteroatoms. The summed E-state index contributed by atoms with van der Waals surface area (Å²) in [6, 6.07) is 4.08. The first-order valence-electron chi connectivity index (χ1n) is 6.18. The van der Waals surface area contributed by atoms with E-state index in [1.165, 1.54) is 0 Å². The van der Waals surface area contributed by atoms with E-state index in [1.807, 2.05) is 11.0 Å². The van der Waals surface area contributed by atoms with Crippen molar-refractivity contribution in [3.63, 3.8) is 0 Å². The molecule has 0 unspecified atom stereocenters. The lowest BCUT2D eigenvalue weighted by molar-refractivity contribution is 0.0787. The van der Waals surface area contributed by atoms with Crippen LogP contribution < -0.4 is 5.32 Å². The number of hydrogen-bond donors (Lipinski definition) is 1. The third kappa shape index (κ3) is 2.96. The van der Waals surface area contributed by atoms with E-state index in [0.29, 0.717) is 11.7 Å². The van der Waals surface area contributed by atoms with Crippen LogP contribution in [0.4, 0.5) is 5.69 Å². The van der Waals surface area contributed by atoms with Crippen LogP contribution in [0.3, 0.4) is 0 Å². The molecule has 0 atom stereocenters. The van der Waals surface area contributed by atoms with Gasteiger partial charge in [0.25, 0.3) is 5.91 Å². The normalized spacial score (nSPS) is 15.4. The molecular weight excluding hydrogens is 214 g/mol. The van der Waals surface area contributed by atoms with E-state index < -0.39 is 0 Å². The Hall–Kier alpha value is -1.58. The van der Waals surface area contributed by atoms with Gasteiger partial charge in [0, 0.05) is 19.1 Å². The van der Waals surface area contributed by atoms with Crippen molar-refractivity contribution in [1.82, 2.24) is 9.88 Å². The average Bonchev–Trinajstić information content (AvgIpc) is 2.82. The fraction of sp³-hybridized carbons (Fsp3) is 0.538. The van der Waals surface area contributed by atoms with Gasteiger partial charge < -0.3 is 10.2 Å². The SMILES string of the molecule is CC(C)Nc1ccc(C(=O)N2CCCC2)nc1. The Morgan fingerprint density at radius 2 is 2.06 bits per heavy atom. The van der Waals surface area contributed by atoms with Crippen molar-refractivity contribution in [2.45, 2.75) is 32.7 Å². The van der Waals surface area contributed by atoms with Crippen LogP contribution in [0.5, 0.6) is 0 Å². The van der Waals surface area contributed by atoms with E-state index in [9.17, 15) is 4.79 Å². The highest BCUT2D eigenvalue weighted by molar-refractivity contribution is 5.92. The van der Waals surface area contributed by atoms with Gasteiger partial charge in [-0.3, -0.25) is 4.79 Å². The number of hydrogen-bond acceptors (Lipinski definition) is 3. The van der Waals surface area contributed by atoms with Crippen LogP contribution in [-0.2, 0) is 0 Å². The molecule has 1 aliphatic heterocycles. The lowest BCUT2D eigenvalue weighted by Crippen LogP contribution is -2.28. The van der Waals surface area contributed by atoms with Crippen LogP contribution in [0.15, 0.2) is 18.3 Å². The maximum Gasteiger partial charge on any atom is 0.272 e. The van der Waals surface area contributed by atoms with Gasteiger partial charge in [-0.1, -0.05) is 0 Å². The van der Waals surface area contributed by atoms with E-state index >= 15 is 0 Å². The smallest absolute Gasteiger partial charge is 0.272 e. The molecule has 1 aliphatic rings.